The van der Waals surface area contributed by atoms with Gasteiger partial charge in [-0.2, -0.15) is 0 Å². The molecule has 0 bridgehead atoms. The molecule has 1 aromatic rings. The highest BCUT2D eigenvalue weighted by molar-refractivity contribution is 5.14. The van der Waals surface area contributed by atoms with Gasteiger partial charge in [-0.05, 0) is 18.5 Å². The first-order valence-corrected chi connectivity index (χ1v) is 6.68. The third kappa shape index (κ3) is 11.3. The zero-order valence-corrected chi connectivity index (χ0v) is 11.7. The van der Waals surface area contributed by atoms with Crippen LogP contribution in [-0.2, 0) is 6.54 Å². The van der Waals surface area contributed by atoms with Crippen molar-refractivity contribution >= 4 is 0 Å². The molecule has 0 saturated heterocycles. The van der Waals surface area contributed by atoms with Crippen LogP contribution in [0.3, 0.4) is 0 Å². The van der Waals surface area contributed by atoms with Crippen LogP contribution in [0.4, 0.5) is 0 Å². The fraction of sp³-hybridized carbons (Fsp3) is 0.600. The van der Waals surface area contributed by atoms with Crippen molar-refractivity contribution < 1.29 is 0 Å². The maximum atomic E-state index is 3.40. The predicted molar refractivity (Wildman–Crippen MR) is 75.8 cm³/mol. The van der Waals surface area contributed by atoms with Gasteiger partial charge in [0, 0.05) is 6.54 Å². The minimum atomic E-state index is 1.00. The molecule has 0 aliphatic rings. The van der Waals surface area contributed by atoms with Crippen LogP contribution in [0.25, 0.3) is 0 Å². The van der Waals surface area contributed by atoms with Crippen molar-refractivity contribution in [3.05, 3.63) is 35.9 Å². The minimum absolute atomic E-state index is 1.00. The number of unbranched alkanes of at least 4 members (excludes halogenated alkanes) is 1. The highest BCUT2D eigenvalue weighted by atomic mass is 14.8. The topological polar surface area (TPSA) is 12.0 Å². The molecule has 0 aromatic heterocycles. The van der Waals surface area contributed by atoms with E-state index in [1.165, 1.54) is 18.4 Å². The molecule has 1 heteroatoms. The Morgan fingerprint density at radius 2 is 1.50 bits per heavy atom. The molecule has 1 aromatic carbocycles. The van der Waals surface area contributed by atoms with Gasteiger partial charge in [0.05, 0.1) is 0 Å². The van der Waals surface area contributed by atoms with Crippen molar-refractivity contribution in [2.45, 2.75) is 54.0 Å². The lowest BCUT2D eigenvalue weighted by atomic mass is 10.2. The van der Waals surface area contributed by atoms with Crippen molar-refractivity contribution in [1.82, 2.24) is 5.32 Å². The van der Waals surface area contributed by atoms with Gasteiger partial charge in [0.1, 0.15) is 0 Å². The summed E-state index contributed by atoms with van der Waals surface area (Å²) in [7, 11) is 0. The van der Waals surface area contributed by atoms with E-state index in [0.29, 0.717) is 0 Å². The third-order valence-corrected chi connectivity index (χ3v) is 1.88. The second-order valence-corrected chi connectivity index (χ2v) is 3.02. The van der Waals surface area contributed by atoms with Gasteiger partial charge in [0.15, 0.2) is 0 Å². The molecule has 1 rings (SSSR count). The first-order chi connectivity index (χ1) is 7.93. The largest absolute Gasteiger partial charge is 0.313 e. The Morgan fingerprint density at radius 3 is 2.00 bits per heavy atom. The van der Waals surface area contributed by atoms with Crippen LogP contribution >= 0.6 is 0 Å². The normalized spacial score (nSPS) is 8.31. The lowest BCUT2D eigenvalue weighted by Gasteiger charge is -2.02. The van der Waals surface area contributed by atoms with E-state index in [9.17, 15) is 0 Å². The van der Waals surface area contributed by atoms with Gasteiger partial charge in [-0.15, -0.1) is 0 Å². The lowest BCUT2D eigenvalue weighted by molar-refractivity contribution is 0.641. The molecule has 0 radical (unpaired) electrons. The molecule has 0 atom stereocenters. The maximum Gasteiger partial charge on any atom is 0.0205 e. The Kier molecular flexibility index (Phi) is 18.2. The van der Waals surface area contributed by atoms with E-state index in [0.717, 1.165) is 13.1 Å². The number of nitrogens with one attached hydrogen (secondary N) is 1. The van der Waals surface area contributed by atoms with Crippen molar-refractivity contribution in [3.8, 4) is 0 Å². The monoisotopic (exact) mass is 223 g/mol. The zero-order valence-electron chi connectivity index (χ0n) is 11.7. The molecule has 1 nitrogen and oxygen atoms in total. The van der Waals surface area contributed by atoms with Crippen LogP contribution in [0.1, 0.15) is 53.0 Å². The van der Waals surface area contributed by atoms with E-state index in [-0.39, 0.29) is 0 Å². The summed E-state index contributed by atoms with van der Waals surface area (Å²) in [6.45, 7) is 12.3. The molecular formula is C15H29N. The number of hydrogen-bond acceptors (Lipinski definition) is 1. The van der Waals surface area contributed by atoms with Gasteiger partial charge >= 0.3 is 0 Å². The number of benzene rings is 1. The van der Waals surface area contributed by atoms with Crippen molar-refractivity contribution in [1.29, 1.82) is 0 Å². The van der Waals surface area contributed by atoms with E-state index in [1.807, 2.05) is 27.7 Å². The molecule has 0 spiro atoms. The average molecular weight is 223 g/mol. The van der Waals surface area contributed by atoms with Crippen molar-refractivity contribution in [2.24, 2.45) is 0 Å². The van der Waals surface area contributed by atoms with E-state index >= 15 is 0 Å². The number of hydrogen-bond donors (Lipinski definition) is 1. The standard InChI is InChI=1S/C11H17N.2C2H6/c1-2-3-9-12-10-11-7-5-4-6-8-11;2*1-2/h4-8,12H,2-3,9-10H2,1H3;2*1-2H3. The SMILES string of the molecule is CC.CC.CCCCNCc1ccccc1. The summed E-state index contributed by atoms with van der Waals surface area (Å²) in [5.41, 5.74) is 1.37. The molecule has 0 saturated carbocycles. The second kappa shape index (κ2) is 16.6. The fourth-order valence-corrected chi connectivity index (χ4v) is 1.13. The van der Waals surface area contributed by atoms with E-state index in [1.54, 1.807) is 0 Å². The van der Waals surface area contributed by atoms with Crippen molar-refractivity contribution in [2.75, 3.05) is 6.54 Å². The van der Waals surface area contributed by atoms with Gasteiger partial charge in [-0.25, -0.2) is 0 Å². The summed E-state index contributed by atoms with van der Waals surface area (Å²) in [5.74, 6) is 0. The summed E-state index contributed by atoms with van der Waals surface area (Å²) in [5, 5.41) is 3.40. The Labute approximate surface area is 102 Å². The molecule has 94 valence electrons. The van der Waals surface area contributed by atoms with Crippen LogP contribution in [-0.4, -0.2) is 6.54 Å². The first-order valence-electron chi connectivity index (χ1n) is 6.68. The molecule has 0 fully saturated rings. The molecular weight excluding hydrogens is 194 g/mol. The molecule has 0 aliphatic heterocycles. The second-order valence-electron chi connectivity index (χ2n) is 3.02. The summed E-state index contributed by atoms with van der Waals surface area (Å²) in [6.07, 6.45) is 2.54. The van der Waals surface area contributed by atoms with E-state index < -0.39 is 0 Å². The Morgan fingerprint density at radius 1 is 0.938 bits per heavy atom. The van der Waals surface area contributed by atoms with E-state index in [2.05, 4.69) is 42.6 Å². The lowest BCUT2D eigenvalue weighted by Crippen LogP contribution is -2.14. The maximum absolute atomic E-state index is 3.40. The summed E-state index contributed by atoms with van der Waals surface area (Å²) in [4.78, 5) is 0. The Balaban J connectivity index is 0. The average Bonchev–Trinajstić information content (AvgIpc) is 2.41. The van der Waals surface area contributed by atoms with Crippen LogP contribution < -0.4 is 5.32 Å². The summed E-state index contributed by atoms with van der Waals surface area (Å²) >= 11 is 0. The molecule has 1 N–H and O–H groups in total. The summed E-state index contributed by atoms with van der Waals surface area (Å²) in [6, 6.07) is 10.5. The summed E-state index contributed by atoms with van der Waals surface area (Å²) < 4.78 is 0. The highest BCUT2D eigenvalue weighted by Gasteiger charge is 1.88. The molecule has 0 unspecified atom stereocenters. The fourth-order valence-electron chi connectivity index (χ4n) is 1.13. The van der Waals surface area contributed by atoms with Crippen LogP contribution in [0, 0.1) is 0 Å². The number of rotatable bonds is 5. The molecule has 0 aliphatic carbocycles. The third-order valence-electron chi connectivity index (χ3n) is 1.88. The molecule has 16 heavy (non-hydrogen) atoms. The van der Waals surface area contributed by atoms with Gasteiger partial charge in [0.2, 0.25) is 0 Å². The highest BCUT2D eigenvalue weighted by Crippen LogP contribution is 1.97. The molecule has 0 amide bonds. The molecule has 0 heterocycles. The van der Waals surface area contributed by atoms with Crippen molar-refractivity contribution in [3.63, 3.8) is 0 Å². The van der Waals surface area contributed by atoms with Crippen LogP contribution in [0.15, 0.2) is 30.3 Å². The first kappa shape index (κ1) is 17.6. The van der Waals surface area contributed by atoms with Gasteiger partial charge < -0.3 is 5.32 Å². The Bertz CT molecular complexity index is 194. The van der Waals surface area contributed by atoms with Gasteiger partial charge in [-0.3, -0.25) is 0 Å². The predicted octanol–water partition coefficient (Wildman–Crippen LogP) is 4.63. The zero-order chi connectivity index (χ0) is 12.6. The quantitative estimate of drug-likeness (QED) is 0.718. The van der Waals surface area contributed by atoms with Gasteiger partial charge in [0.25, 0.3) is 0 Å². The van der Waals surface area contributed by atoms with Crippen LogP contribution in [0.5, 0.6) is 0 Å². The van der Waals surface area contributed by atoms with Gasteiger partial charge in [-0.1, -0.05) is 71.4 Å². The minimum Gasteiger partial charge on any atom is -0.313 e. The van der Waals surface area contributed by atoms with E-state index in [4.69, 9.17) is 0 Å². The smallest absolute Gasteiger partial charge is 0.0205 e. The van der Waals surface area contributed by atoms with Crippen LogP contribution in [0.2, 0.25) is 0 Å². The Hall–Kier alpha value is -0.820.